The number of benzene rings is 4. The fraction of sp³-hybridized carbons (Fsp3) is 0.241. The van der Waals surface area contributed by atoms with E-state index in [0.29, 0.717) is 31.2 Å². The molecule has 35 heteroatoms. The highest BCUT2D eigenvalue weighted by Crippen LogP contribution is 2.48. The van der Waals surface area contributed by atoms with Gasteiger partial charge >= 0.3 is 20.8 Å². The van der Waals surface area contributed by atoms with Crippen LogP contribution in [0, 0.1) is 0 Å². The fourth-order valence-corrected chi connectivity index (χ4v) is 11.9. The number of phenolic OH excluding ortho intramolecular Hbond substituents is 1. The SMILES string of the molecule is CCc1cc(N=Nc2c(S(=O)(=O)O)cc3c(S(=O)(=O)O)c(N)c(N=Nc4ccc(S(=O)(=O)C(C)OS(=O)(=O)O)cc4S(=O)(=O)O)cc3c2O)c(OC)cc1S(=O)(=O)C(C)OS(=O)(=O)O. The zero-order valence-corrected chi connectivity index (χ0v) is 38.0. The zero-order chi connectivity index (χ0) is 48.9. The number of ether oxygens (including phenoxy) is 1. The highest BCUT2D eigenvalue weighted by atomic mass is 32.3. The molecule has 28 nitrogen and oxygen atoms in total. The van der Waals surface area contributed by atoms with Crippen molar-refractivity contribution >= 4 is 110 Å². The molecule has 0 bridgehead atoms. The first-order valence-electron chi connectivity index (χ1n) is 16.5. The van der Waals surface area contributed by atoms with E-state index >= 15 is 0 Å². The molecule has 64 heavy (non-hydrogen) atoms. The smallest absolute Gasteiger partial charge is 0.398 e. The summed E-state index contributed by atoms with van der Waals surface area (Å²) in [7, 11) is -35.9. The molecule has 0 aliphatic rings. The van der Waals surface area contributed by atoms with Crippen molar-refractivity contribution in [2.75, 3.05) is 12.8 Å². The highest BCUT2D eigenvalue weighted by molar-refractivity contribution is 7.93. The molecular formula is C29H31N5O23S7. The third kappa shape index (κ3) is 11.3. The minimum absolute atomic E-state index is 0.115. The van der Waals surface area contributed by atoms with E-state index in [4.69, 9.17) is 19.6 Å². The minimum Gasteiger partial charge on any atom is -0.505 e. The number of azo groups is 2. The Balaban J connectivity index is 2.00. The van der Waals surface area contributed by atoms with Gasteiger partial charge in [-0.1, -0.05) is 6.92 Å². The second kappa shape index (κ2) is 17.8. The lowest BCUT2D eigenvalue weighted by Gasteiger charge is -2.16. The molecule has 4 aromatic rings. The third-order valence-corrected chi connectivity index (χ3v) is 16.2. The van der Waals surface area contributed by atoms with Crippen LogP contribution in [0.4, 0.5) is 28.4 Å². The second-order valence-corrected chi connectivity index (χ2v) is 23.2. The predicted octanol–water partition coefficient (Wildman–Crippen LogP) is 3.15. The minimum atomic E-state index is -5.60. The van der Waals surface area contributed by atoms with Crippen molar-refractivity contribution in [2.24, 2.45) is 20.5 Å². The average Bonchev–Trinajstić information content (AvgIpc) is 3.13. The second-order valence-electron chi connectivity index (χ2n) is 12.5. The summed E-state index contributed by atoms with van der Waals surface area (Å²) in [6.07, 6.45) is -0.130. The fourth-order valence-electron chi connectivity index (χ4n) is 5.48. The van der Waals surface area contributed by atoms with E-state index in [-0.39, 0.29) is 18.1 Å². The van der Waals surface area contributed by atoms with Crippen LogP contribution in [-0.2, 0) is 85.6 Å². The summed E-state index contributed by atoms with van der Waals surface area (Å²) in [4.78, 5) is -5.71. The standard InChI is InChI=1S/C29H31N5O23S7/c1-5-15-8-20(22(55-4)12-23(15)59(38,39)14(3)57-64(52,53)54)32-34-27-25(61(43,44)45)11-18-17(28(27)35)10-21(26(30)29(18)62(46,47)48)33-31-19-7-6-16(9-24(19)60(40,41)42)58(36,37)13(2)56-63(49,50)51/h6-14,35H,5,30H2,1-4H3,(H,40,41,42)(H,43,44,45)(H,46,47,48)(H,49,50,51)(H,52,53,54). The first-order valence-corrected chi connectivity index (χ1v) is 26.6. The van der Waals surface area contributed by atoms with Crippen molar-refractivity contribution in [1.29, 1.82) is 0 Å². The molecule has 2 atom stereocenters. The van der Waals surface area contributed by atoms with Gasteiger partial charge in [0.2, 0.25) is 19.7 Å². The third-order valence-electron chi connectivity index (χ3n) is 8.36. The number of rotatable bonds is 17. The van der Waals surface area contributed by atoms with Gasteiger partial charge in [-0.25, -0.2) is 25.2 Å². The number of sulfone groups is 2. The van der Waals surface area contributed by atoms with Crippen molar-refractivity contribution in [3.8, 4) is 11.5 Å². The number of fused-ring (bicyclic) bond motifs is 1. The van der Waals surface area contributed by atoms with Crippen LogP contribution >= 0.6 is 0 Å². The number of anilines is 1. The van der Waals surface area contributed by atoms with Crippen LogP contribution in [0.3, 0.4) is 0 Å². The van der Waals surface area contributed by atoms with Gasteiger partial charge in [-0.15, -0.1) is 20.5 Å². The van der Waals surface area contributed by atoms with Crippen LogP contribution < -0.4 is 10.5 Å². The quantitative estimate of drug-likeness (QED) is 0.0453. The first-order chi connectivity index (χ1) is 28.9. The van der Waals surface area contributed by atoms with Crippen LogP contribution in [0.2, 0.25) is 0 Å². The van der Waals surface area contributed by atoms with Crippen LogP contribution in [0.1, 0.15) is 26.3 Å². The monoisotopic (exact) mass is 1040 g/mol. The summed E-state index contributed by atoms with van der Waals surface area (Å²) in [5.41, 5.74) is -3.17. The molecule has 352 valence electrons. The molecule has 0 amide bonds. The van der Waals surface area contributed by atoms with Crippen molar-refractivity contribution in [3.05, 3.63) is 48.0 Å². The first kappa shape index (κ1) is 51.7. The molecule has 0 saturated heterocycles. The summed E-state index contributed by atoms with van der Waals surface area (Å²) < 4.78 is 233. The number of hydrogen-bond donors (Lipinski definition) is 7. The molecule has 0 saturated carbocycles. The molecule has 8 N–H and O–H groups in total. The van der Waals surface area contributed by atoms with Gasteiger partial charge in [0.05, 0.1) is 22.6 Å². The molecule has 0 spiro atoms. The van der Waals surface area contributed by atoms with E-state index in [1.54, 1.807) is 0 Å². The van der Waals surface area contributed by atoms with E-state index in [9.17, 15) is 77.7 Å². The lowest BCUT2D eigenvalue weighted by Crippen LogP contribution is -2.25. The van der Waals surface area contributed by atoms with Crippen LogP contribution in [0.15, 0.2) is 87.4 Å². The lowest BCUT2D eigenvalue weighted by molar-refractivity contribution is 0.250. The maximum absolute atomic E-state index is 13.2. The topological polar surface area (TPSA) is 464 Å². The predicted molar refractivity (Wildman–Crippen MR) is 215 cm³/mol. The van der Waals surface area contributed by atoms with Crippen LogP contribution in [0.25, 0.3) is 10.8 Å². The number of aryl methyl sites for hydroxylation is 1. The molecule has 4 rings (SSSR count). The Morgan fingerprint density at radius 1 is 0.594 bits per heavy atom. The van der Waals surface area contributed by atoms with E-state index in [0.717, 1.165) is 26.2 Å². The van der Waals surface area contributed by atoms with Crippen molar-refractivity contribution in [2.45, 2.75) is 62.5 Å². The number of hydrogen-bond acceptors (Lipinski definition) is 23. The van der Waals surface area contributed by atoms with Crippen LogP contribution in [0.5, 0.6) is 11.5 Å². The van der Waals surface area contributed by atoms with E-state index in [1.165, 1.54) is 6.92 Å². The Morgan fingerprint density at radius 2 is 1.11 bits per heavy atom. The van der Waals surface area contributed by atoms with Gasteiger partial charge < -0.3 is 15.6 Å². The normalized spacial score (nSPS) is 14.6. The number of nitrogens with zero attached hydrogens (tertiary/aromatic N) is 4. The number of phenols is 1. The van der Waals surface area contributed by atoms with Gasteiger partial charge in [0.15, 0.2) is 16.6 Å². The molecule has 4 aromatic carbocycles. The van der Waals surface area contributed by atoms with E-state index < -0.39 is 157 Å². The van der Waals surface area contributed by atoms with Gasteiger partial charge in [0.25, 0.3) is 30.4 Å². The van der Waals surface area contributed by atoms with Gasteiger partial charge in [0, 0.05) is 16.8 Å². The largest absolute Gasteiger partial charge is 0.505 e. The molecule has 0 radical (unpaired) electrons. The maximum Gasteiger partial charge on any atom is 0.398 e. The Hall–Kier alpha value is -4.89. The Labute approximate surface area is 363 Å². The molecule has 0 fully saturated rings. The summed E-state index contributed by atoms with van der Waals surface area (Å²) in [6, 6.07) is 4.32. The lowest BCUT2D eigenvalue weighted by atomic mass is 10.1. The molecule has 0 aromatic heterocycles. The average molecular weight is 1040 g/mol. The number of nitrogen functional groups attached to an aromatic ring is 1. The molecular weight excluding hydrogens is 1010 g/mol. The van der Waals surface area contributed by atoms with Gasteiger partial charge in [-0.2, -0.15) is 42.1 Å². The highest BCUT2D eigenvalue weighted by Gasteiger charge is 2.34. The number of methoxy groups -OCH3 is 1. The number of aromatic hydroxyl groups is 1. The van der Waals surface area contributed by atoms with Gasteiger partial charge in [-0.05, 0) is 62.2 Å². The summed E-state index contributed by atoms with van der Waals surface area (Å²) in [5.74, 6) is -1.80. The molecule has 2 unspecified atom stereocenters. The summed E-state index contributed by atoms with van der Waals surface area (Å²) in [5, 5.41) is 24.3. The van der Waals surface area contributed by atoms with Crippen molar-refractivity contribution in [1.82, 2.24) is 0 Å². The Morgan fingerprint density at radius 3 is 1.59 bits per heavy atom. The Kier molecular flexibility index (Phi) is 14.4. The zero-order valence-electron chi connectivity index (χ0n) is 32.3. The van der Waals surface area contributed by atoms with E-state index in [1.807, 2.05) is 0 Å². The van der Waals surface area contributed by atoms with Crippen LogP contribution in [-0.4, -0.2) is 105 Å². The maximum atomic E-state index is 13.2. The molecule has 0 aliphatic carbocycles. The van der Waals surface area contributed by atoms with E-state index in [2.05, 4.69) is 28.8 Å². The summed E-state index contributed by atoms with van der Waals surface area (Å²) >= 11 is 0. The summed E-state index contributed by atoms with van der Waals surface area (Å²) in [6.45, 7) is 2.87. The van der Waals surface area contributed by atoms with Gasteiger partial charge in [-0.3, -0.25) is 22.8 Å². The van der Waals surface area contributed by atoms with Crippen molar-refractivity contribution in [3.63, 3.8) is 0 Å². The molecule has 0 heterocycles. The molecule has 0 aliphatic heterocycles. The van der Waals surface area contributed by atoms with Crippen molar-refractivity contribution < 1.29 is 99.9 Å². The van der Waals surface area contributed by atoms with Gasteiger partial charge in [0.1, 0.15) is 43.2 Å². The Bertz CT molecular complexity index is 3470. The number of nitrogens with two attached hydrogens (primary N) is 1.